The summed E-state index contributed by atoms with van der Waals surface area (Å²) in [4.78, 5) is 29.1. The van der Waals surface area contributed by atoms with Crippen LogP contribution < -0.4 is 19.9 Å². The molecule has 0 radical (unpaired) electrons. The zero-order valence-electron chi connectivity index (χ0n) is 16.1. The van der Waals surface area contributed by atoms with Gasteiger partial charge in [0.2, 0.25) is 0 Å². The lowest BCUT2D eigenvalue weighted by atomic mass is 10.1. The Morgan fingerprint density at radius 3 is 2.21 bits per heavy atom. The molecule has 29 heavy (non-hydrogen) atoms. The lowest BCUT2D eigenvalue weighted by Gasteiger charge is -2.29. The van der Waals surface area contributed by atoms with E-state index in [1.54, 1.807) is 37.5 Å². The number of amides is 2. The molecular formula is C22H21N3O3S. The van der Waals surface area contributed by atoms with E-state index < -0.39 is 11.8 Å². The summed E-state index contributed by atoms with van der Waals surface area (Å²) < 4.78 is 5.15. The molecule has 4 rings (SSSR count). The van der Waals surface area contributed by atoms with Gasteiger partial charge in [0, 0.05) is 18.8 Å². The minimum Gasteiger partial charge on any atom is -0.497 e. The number of rotatable bonds is 4. The second-order valence-corrected chi connectivity index (χ2v) is 7.33. The highest BCUT2D eigenvalue weighted by Crippen LogP contribution is 2.25. The minimum absolute atomic E-state index is 0.0448. The first kappa shape index (κ1) is 19.1. The molecule has 0 bridgehead atoms. The van der Waals surface area contributed by atoms with E-state index in [-0.39, 0.29) is 10.7 Å². The highest BCUT2D eigenvalue weighted by atomic mass is 32.1. The topological polar surface area (TPSA) is 61.9 Å². The van der Waals surface area contributed by atoms with Crippen LogP contribution in [-0.4, -0.2) is 37.1 Å². The van der Waals surface area contributed by atoms with E-state index in [4.69, 9.17) is 17.0 Å². The third-order valence-electron chi connectivity index (χ3n) is 5.11. The standard InChI is InChI=1S/C22H21N3O3S/c1-28-18-10-8-17(9-11-18)25-21(27)19(20(26)23-22(25)29)14-15-4-6-16(7-5-15)24-12-2-3-13-24/h4-11,14H,2-3,12-13H2,1H3,(H,23,26,29)/b19-14-. The number of hydrogen-bond acceptors (Lipinski definition) is 5. The van der Waals surface area contributed by atoms with E-state index in [0.717, 1.165) is 24.3 Å². The van der Waals surface area contributed by atoms with Crippen LogP contribution in [0.3, 0.4) is 0 Å². The van der Waals surface area contributed by atoms with Crippen LogP contribution in [0.4, 0.5) is 11.4 Å². The Labute approximate surface area is 174 Å². The van der Waals surface area contributed by atoms with Crippen molar-refractivity contribution >= 4 is 46.6 Å². The van der Waals surface area contributed by atoms with Gasteiger partial charge in [0.05, 0.1) is 12.8 Å². The highest BCUT2D eigenvalue weighted by molar-refractivity contribution is 7.80. The molecule has 2 saturated heterocycles. The molecule has 0 atom stereocenters. The summed E-state index contributed by atoms with van der Waals surface area (Å²) in [5.74, 6) is -0.275. The molecule has 0 aliphatic carbocycles. The van der Waals surface area contributed by atoms with Crippen molar-refractivity contribution < 1.29 is 14.3 Å². The van der Waals surface area contributed by atoms with E-state index in [1.165, 1.54) is 17.7 Å². The van der Waals surface area contributed by atoms with Crippen molar-refractivity contribution in [1.29, 1.82) is 0 Å². The molecule has 2 aromatic rings. The number of anilines is 2. The van der Waals surface area contributed by atoms with Gasteiger partial charge in [0.25, 0.3) is 11.8 Å². The first-order chi connectivity index (χ1) is 14.1. The van der Waals surface area contributed by atoms with Crippen LogP contribution in [0.15, 0.2) is 54.1 Å². The Balaban J connectivity index is 1.60. The summed E-state index contributed by atoms with van der Waals surface area (Å²) in [6.45, 7) is 2.13. The molecule has 0 saturated carbocycles. The maximum atomic E-state index is 13.1. The van der Waals surface area contributed by atoms with Crippen LogP contribution in [0.5, 0.6) is 5.75 Å². The number of carbonyl (C=O) groups is 2. The molecule has 6 nitrogen and oxygen atoms in total. The van der Waals surface area contributed by atoms with Gasteiger partial charge >= 0.3 is 0 Å². The first-order valence-electron chi connectivity index (χ1n) is 9.47. The highest BCUT2D eigenvalue weighted by Gasteiger charge is 2.34. The van der Waals surface area contributed by atoms with Crippen LogP contribution >= 0.6 is 12.2 Å². The van der Waals surface area contributed by atoms with E-state index in [0.29, 0.717) is 11.4 Å². The smallest absolute Gasteiger partial charge is 0.270 e. The maximum Gasteiger partial charge on any atom is 0.270 e. The fourth-order valence-electron chi connectivity index (χ4n) is 3.55. The van der Waals surface area contributed by atoms with E-state index in [1.807, 2.05) is 24.3 Å². The number of nitrogens with zero attached hydrogens (tertiary/aromatic N) is 2. The van der Waals surface area contributed by atoms with E-state index in [2.05, 4.69) is 10.2 Å². The zero-order valence-corrected chi connectivity index (χ0v) is 16.9. The van der Waals surface area contributed by atoms with Gasteiger partial charge in [0.1, 0.15) is 11.3 Å². The van der Waals surface area contributed by atoms with Crippen molar-refractivity contribution in [3.63, 3.8) is 0 Å². The van der Waals surface area contributed by atoms with E-state index >= 15 is 0 Å². The van der Waals surface area contributed by atoms with Crippen LogP contribution in [0.1, 0.15) is 18.4 Å². The normalized spacial score (nSPS) is 18.4. The minimum atomic E-state index is -0.492. The molecule has 0 spiro atoms. The Bertz CT molecular complexity index is 977. The van der Waals surface area contributed by atoms with Crippen LogP contribution in [0, 0.1) is 0 Å². The monoisotopic (exact) mass is 407 g/mol. The summed E-state index contributed by atoms with van der Waals surface area (Å²) in [6, 6.07) is 14.8. The lowest BCUT2D eigenvalue weighted by Crippen LogP contribution is -2.54. The van der Waals surface area contributed by atoms with Gasteiger partial charge in [-0.3, -0.25) is 19.8 Å². The second kappa shape index (κ2) is 8.05. The van der Waals surface area contributed by atoms with Gasteiger partial charge < -0.3 is 9.64 Å². The van der Waals surface area contributed by atoms with Crippen molar-refractivity contribution in [2.24, 2.45) is 0 Å². The van der Waals surface area contributed by atoms with Crippen LogP contribution in [0.25, 0.3) is 6.08 Å². The summed E-state index contributed by atoms with van der Waals surface area (Å²) in [5.41, 5.74) is 2.55. The predicted octanol–water partition coefficient (Wildman–Crippen LogP) is 3.13. The molecule has 0 aromatic heterocycles. The Kier molecular flexibility index (Phi) is 5.31. The number of benzene rings is 2. The van der Waals surface area contributed by atoms with Gasteiger partial charge in [0.15, 0.2) is 5.11 Å². The second-order valence-electron chi connectivity index (χ2n) is 6.94. The summed E-state index contributed by atoms with van der Waals surface area (Å²) in [5, 5.41) is 2.66. The first-order valence-corrected chi connectivity index (χ1v) is 9.88. The molecule has 7 heteroatoms. The lowest BCUT2D eigenvalue weighted by molar-refractivity contribution is -0.122. The number of carbonyl (C=O) groups excluding carboxylic acids is 2. The Morgan fingerprint density at radius 2 is 1.59 bits per heavy atom. The zero-order chi connectivity index (χ0) is 20.4. The summed E-state index contributed by atoms with van der Waals surface area (Å²) in [7, 11) is 1.57. The Morgan fingerprint density at radius 1 is 0.966 bits per heavy atom. The molecule has 2 amide bonds. The fourth-order valence-corrected chi connectivity index (χ4v) is 3.83. The van der Waals surface area contributed by atoms with Gasteiger partial charge in [-0.1, -0.05) is 12.1 Å². The van der Waals surface area contributed by atoms with Crippen LogP contribution in [0.2, 0.25) is 0 Å². The molecule has 2 fully saturated rings. The van der Waals surface area contributed by atoms with Gasteiger partial charge in [-0.2, -0.15) is 0 Å². The van der Waals surface area contributed by atoms with Gasteiger partial charge in [-0.05, 0) is 73.1 Å². The number of methoxy groups -OCH3 is 1. The number of hydrogen-bond donors (Lipinski definition) is 1. The van der Waals surface area contributed by atoms with Crippen LogP contribution in [-0.2, 0) is 9.59 Å². The largest absolute Gasteiger partial charge is 0.497 e. The molecular weight excluding hydrogens is 386 g/mol. The van der Waals surface area contributed by atoms with Crippen molar-refractivity contribution in [2.75, 3.05) is 30.0 Å². The van der Waals surface area contributed by atoms with Crippen molar-refractivity contribution in [3.05, 3.63) is 59.7 Å². The average Bonchev–Trinajstić information content (AvgIpc) is 3.27. The molecule has 0 unspecified atom stereocenters. The quantitative estimate of drug-likeness (QED) is 0.479. The Hall–Kier alpha value is -3.19. The molecule has 1 N–H and O–H groups in total. The van der Waals surface area contributed by atoms with Crippen molar-refractivity contribution in [3.8, 4) is 5.75 Å². The molecule has 2 heterocycles. The SMILES string of the molecule is COc1ccc(N2C(=O)/C(=C\c3ccc(N4CCCC4)cc3)C(=O)NC2=S)cc1. The van der Waals surface area contributed by atoms with Crippen molar-refractivity contribution in [2.45, 2.75) is 12.8 Å². The predicted molar refractivity (Wildman–Crippen MR) is 117 cm³/mol. The summed E-state index contributed by atoms with van der Waals surface area (Å²) in [6.07, 6.45) is 4.02. The van der Waals surface area contributed by atoms with Gasteiger partial charge in [-0.25, -0.2) is 0 Å². The fraction of sp³-hybridized carbons (Fsp3) is 0.227. The molecule has 148 valence electrons. The summed E-state index contributed by atoms with van der Waals surface area (Å²) >= 11 is 5.23. The van der Waals surface area contributed by atoms with Crippen molar-refractivity contribution in [1.82, 2.24) is 5.32 Å². The number of nitrogens with one attached hydrogen (secondary N) is 1. The number of ether oxygens (including phenoxy) is 1. The third-order valence-corrected chi connectivity index (χ3v) is 5.39. The molecule has 2 aromatic carbocycles. The third kappa shape index (κ3) is 3.86. The maximum absolute atomic E-state index is 13.1. The number of thiocarbonyl (C=S) groups is 1. The average molecular weight is 407 g/mol. The molecule has 2 aliphatic rings. The molecule has 2 aliphatic heterocycles. The van der Waals surface area contributed by atoms with Gasteiger partial charge in [-0.15, -0.1) is 0 Å². The van der Waals surface area contributed by atoms with E-state index in [9.17, 15) is 9.59 Å².